The van der Waals surface area contributed by atoms with Crippen molar-refractivity contribution in [2.45, 2.75) is 20.0 Å². The molecule has 0 amide bonds. The lowest BCUT2D eigenvalue weighted by molar-refractivity contribution is 0.655. The van der Waals surface area contributed by atoms with Crippen molar-refractivity contribution in [2.75, 3.05) is 0 Å². The van der Waals surface area contributed by atoms with E-state index in [1.54, 1.807) is 0 Å². The summed E-state index contributed by atoms with van der Waals surface area (Å²) >= 11 is 0. The smallest absolute Gasteiger partial charge is 0.160 e. The van der Waals surface area contributed by atoms with Crippen molar-refractivity contribution in [2.24, 2.45) is 0 Å². The second-order valence-corrected chi connectivity index (χ2v) is 4.58. The van der Waals surface area contributed by atoms with Crippen LogP contribution in [0.1, 0.15) is 17.0 Å². The molecule has 4 nitrogen and oxygen atoms in total. The zero-order chi connectivity index (χ0) is 13.1. The van der Waals surface area contributed by atoms with Crippen molar-refractivity contribution in [3.8, 4) is 0 Å². The molecule has 19 heavy (non-hydrogen) atoms. The Morgan fingerprint density at radius 2 is 1.84 bits per heavy atom. The highest BCUT2D eigenvalue weighted by molar-refractivity contribution is 5.37. The second-order valence-electron chi connectivity index (χ2n) is 4.58. The lowest BCUT2D eigenvalue weighted by Crippen LogP contribution is -2.15. The molecular weight excluding hydrogens is 236 g/mol. The van der Waals surface area contributed by atoms with Crippen LogP contribution in [-0.4, -0.2) is 14.6 Å². The van der Waals surface area contributed by atoms with Crippen molar-refractivity contribution in [1.29, 1.82) is 0 Å². The number of hydrogen-bond acceptors (Lipinski definition) is 3. The molecule has 4 heteroatoms. The van der Waals surface area contributed by atoms with Crippen LogP contribution in [0.3, 0.4) is 0 Å². The van der Waals surface area contributed by atoms with Crippen LogP contribution in [0, 0.1) is 6.92 Å². The molecule has 0 saturated heterocycles. The fourth-order valence-corrected chi connectivity index (χ4v) is 2.13. The predicted octanol–water partition coefficient (Wildman–Crippen LogP) is 2.33. The van der Waals surface area contributed by atoms with E-state index in [1.807, 2.05) is 28.8 Å². The fraction of sp³-hybridized carbons (Fsp3) is 0.200. The minimum absolute atomic E-state index is 0.708. The van der Waals surface area contributed by atoms with Crippen molar-refractivity contribution in [3.05, 3.63) is 65.6 Å². The van der Waals surface area contributed by atoms with E-state index >= 15 is 0 Å². The Balaban J connectivity index is 1.68. The summed E-state index contributed by atoms with van der Waals surface area (Å²) in [4.78, 5) is 0. The van der Waals surface area contributed by atoms with E-state index in [2.05, 4.69) is 46.7 Å². The van der Waals surface area contributed by atoms with Crippen LogP contribution >= 0.6 is 0 Å². The van der Waals surface area contributed by atoms with Gasteiger partial charge in [-0.15, -0.1) is 10.2 Å². The van der Waals surface area contributed by atoms with Crippen molar-refractivity contribution in [1.82, 2.24) is 19.9 Å². The first-order valence-corrected chi connectivity index (χ1v) is 6.38. The average molecular weight is 252 g/mol. The molecule has 0 aliphatic rings. The van der Waals surface area contributed by atoms with E-state index in [-0.39, 0.29) is 0 Å². The van der Waals surface area contributed by atoms with Crippen LogP contribution in [0.25, 0.3) is 5.65 Å². The van der Waals surface area contributed by atoms with E-state index in [9.17, 15) is 0 Å². The van der Waals surface area contributed by atoms with Crippen LogP contribution in [0.15, 0.2) is 48.7 Å². The van der Waals surface area contributed by atoms with E-state index < -0.39 is 0 Å². The van der Waals surface area contributed by atoms with Crippen molar-refractivity contribution in [3.63, 3.8) is 0 Å². The normalized spacial score (nSPS) is 11.0. The topological polar surface area (TPSA) is 42.2 Å². The van der Waals surface area contributed by atoms with E-state index in [4.69, 9.17) is 0 Å². The lowest BCUT2D eigenvalue weighted by Gasteiger charge is -2.06. The van der Waals surface area contributed by atoms with Gasteiger partial charge in [-0.2, -0.15) is 0 Å². The molecule has 1 N–H and O–H groups in total. The number of nitrogens with one attached hydrogen (secondary N) is 1. The van der Waals surface area contributed by atoms with Gasteiger partial charge in [0.1, 0.15) is 0 Å². The number of fused-ring (bicyclic) bond motifs is 1. The third kappa shape index (κ3) is 2.48. The summed E-state index contributed by atoms with van der Waals surface area (Å²) in [5.41, 5.74) is 3.51. The number of aromatic nitrogens is 3. The zero-order valence-corrected chi connectivity index (χ0v) is 10.9. The molecule has 0 spiro atoms. The van der Waals surface area contributed by atoms with Gasteiger partial charge >= 0.3 is 0 Å². The SMILES string of the molecule is Cc1ccccc1CNCc1nnc2ccccn12. The lowest BCUT2D eigenvalue weighted by atomic mass is 10.1. The Morgan fingerprint density at radius 3 is 2.74 bits per heavy atom. The summed E-state index contributed by atoms with van der Waals surface area (Å²) in [5.74, 6) is 0.934. The molecule has 0 radical (unpaired) electrons. The van der Waals surface area contributed by atoms with Crippen LogP contribution in [0.2, 0.25) is 0 Å². The second kappa shape index (κ2) is 5.20. The molecule has 0 aliphatic heterocycles. The van der Waals surface area contributed by atoms with Gasteiger partial charge in [-0.25, -0.2) is 0 Å². The van der Waals surface area contributed by atoms with Gasteiger partial charge in [-0.05, 0) is 30.2 Å². The van der Waals surface area contributed by atoms with Gasteiger partial charge in [0.15, 0.2) is 11.5 Å². The highest BCUT2D eigenvalue weighted by Gasteiger charge is 2.04. The predicted molar refractivity (Wildman–Crippen MR) is 74.7 cm³/mol. The summed E-state index contributed by atoms with van der Waals surface area (Å²) in [5, 5.41) is 11.7. The monoisotopic (exact) mass is 252 g/mol. The Morgan fingerprint density at radius 1 is 1.00 bits per heavy atom. The van der Waals surface area contributed by atoms with Gasteiger partial charge in [0.25, 0.3) is 0 Å². The third-order valence-corrected chi connectivity index (χ3v) is 3.24. The first-order chi connectivity index (χ1) is 9.34. The Kier molecular flexibility index (Phi) is 3.25. The quantitative estimate of drug-likeness (QED) is 0.775. The number of rotatable bonds is 4. The molecular formula is C15H16N4. The minimum atomic E-state index is 0.708. The minimum Gasteiger partial charge on any atom is -0.306 e. The van der Waals surface area contributed by atoms with Gasteiger partial charge in [-0.1, -0.05) is 30.3 Å². The Bertz CT molecular complexity index is 687. The molecule has 1 aromatic carbocycles. The first kappa shape index (κ1) is 11.9. The first-order valence-electron chi connectivity index (χ1n) is 6.38. The number of aryl methyl sites for hydroxylation is 1. The molecule has 0 fully saturated rings. The summed E-state index contributed by atoms with van der Waals surface area (Å²) in [6.07, 6.45) is 1.99. The highest BCUT2D eigenvalue weighted by Crippen LogP contribution is 2.07. The zero-order valence-electron chi connectivity index (χ0n) is 10.9. The van der Waals surface area contributed by atoms with Gasteiger partial charge in [-0.3, -0.25) is 4.40 Å². The van der Waals surface area contributed by atoms with Gasteiger partial charge < -0.3 is 5.32 Å². The van der Waals surface area contributed by atoms with Crippen molar-refractivity contribution >= 4 is 5.65 Å². The highest BCUT2D eigenvalue weighted by atomic mass is 15.3. The third-order valence-electron chi connectivity index (χ3n) is 3.24. The van der Waals surface area contributed by atoms with Gasteiger partial charge in [0, 0.05) is 12.7 Å². The van der Waals surface area contributed by atoms with E-state index in [1.165, 1.54) is 11.1 Å². The summed E-state index contributed by atoms with van der Waals surface area (Å²) in [7, 11) is 0. The molecule has 96 valence electrons. The number of hydrogen-bond donors (Lipinski definition) is 1. The molecule has 0 bridgehead atoms. The van der Waals surface area contributed by atoms with E-state index in [0.29, 0.717) is 6.54 Å². The average Bonchev–Trinajstić information content (AvgIpc) is 2.85. The molecule has 2 aromatic heterocycles. The van der Waals surface area contributed by atoms with Crippen LogP contribution in [-0.2, 0) is 13.1 Å². The number of pyridine rings is 1. The maximum Gasteiger partial charge on any atom is 0.160 e. The van der Waals surface area contributed by atoms with Crippen LogP contribution < -0.4 is 5.32 Å². The maximum atomic E-state index is 4.20. The van der Waals surface area contributed by atoms with Gasteiger partial charge in [0.2, 0.25) is 0 Å². The van der Waals surface area contributed by atoms with Crippen LogP contribution in [0.4, 0.5) is 0 Å². The molecule has 0 saturated carbocycles. The Hall–Kier alpha value is -2.20. The number of nitrogens with zero attached hydrogens (tertiary/aromatic N) is 3. The Labute approximate surface area is 112 Å². The van der Waals surface area contributed by atoms with E-state index in [0.717, 1.165) is 18.0 Å². The molecule has 0 aliphatic carbocycles. The number of benzene rings is 1. The standard InChI is InChI=1S/C15H16N4/c1-12-6-2-3-7-13(12)10-16-11-15-18-17-14-8-4-5-9-19(14)15/h2-9,16H,10-11H2,1H3. The largest absolute Gasteiger partial charge is 0.306 e. The summed E-state index contributed by atoms with van der Waals surface area (Å²) < 4.78 is 2.00. The fourth-order valence-electron chi connectivity index (χ4n) is 2.13. The molecule has 2 heterocycles. The van der Waals surface area contributed by atoms with Crippen LogP contribution in [0.5, 0.6) is 0 Å². The molecule has 3 rings (SSSR count). The summed E-state index contributed by atoms with van der Waals surface area (Å²) in [6.45, 7) is 3.68. The molecule has 0 atom stereocenters. The van der Waals surface area contributed by atoms with Crippen molar-refractivity contribution < 1.29 is 0 Å². The molecule has 0 unspecified atom stereocenters. The van der Waals surface area contributed by atoms with Gasteiger partial charge in [0.05, 0.1) is 6.54 Å². The molecule has 3 aromatic rings. The summed E-state index contributed by atoms with van der Waals surface area (Å²) in [6, 6.07) is 14.3. The maximum absolute atomic E-state index is 4.20.